The molecule has 0 aliphatic heterocycles. The van der Waals surface area contributed by atoms with Crippen molar-refractivity contribution in [3.8, 4) is 0 Å². The molecule has 1 heterocycles. The summed E-state index contributed by atoms with van der Waals surface area (Å²) in [4.78, 5) is 22.0. The Kier molecular flexibility index (Phi) is 13.6. The number of hydrogen-bond donors (Lipinski definition) is 3. The lowest BCUT2D eigenvalue weighted by atomic mass is 10.0. The second-order valence-electron chi connectivity index (χ2n) is 6.88. The van der Waals surface area contributed by atoms with Crippen LogP contribution in [-0.2, 0) is 4.79 Å². The predicted molar refractivity (Wildman–Crippen MR) is 107 cm³/mol. The third-order valence-electron chi connectivity index (χ3n) is 4.42. The van der Waals surface area contributed by atoms with E-state index in [1.807, 2.05) is 0 Å². The van der Waals surface area contributed by atoms with E-state index in [0.717, 1.165) is 32.1 Å². The van der Waals surface area contributed by atoms with E-state index >= 15 is 0 Å². The highest BCUT2D eigenvalue weighted by Crippen LogP contribution is 2.12. The molecule has 0 bridgehead atoms. The molecule has 2 amide bonds. The molecule has 0 saturated heterocycles. The van der Waals surface area contributed by atoms with Crippen LogP contribution < -0.4 is 10.6 Å². The van der Waals surface area contributed by atoms with E-state index < -0.39 is 5.97 Å². The molecule has 0 unspecified atom stereocenters. The monoisotopic (exact) mass is 378 g/mol. The van der Waals surface area contributed by atoms with Gasteiger partial charge in [-0.1, -0.05) is 64.2 Å². The van der Waals surface area contributed by atoms with Crippen LogP contribution in [0.25, 0.3) is 0 Å². The number of rotatable bonds is 16. The summed E-state index contributed by atoms with van der Waals surface area (Å²) >= 11 is 0. The van der Waals surface area contributed by atoms with E-state index in [1.165, 1.54) is 44.9 Å². The molecule has 3 N–H and O–H groups in total. The number of hydrogen-bond acceptors (Lipinski definition) is 4. The lowest BCUT2D eigenvalue weighted by Crippen LogP contribution is -2.29. The van der Waals surface area contributed by atoms with Crippen molar-refractivity contribution >= 4 is 17.8 Å². The van der Waals surface area contributed by atoms with E-state index in [4.69, 9.17) is 5.11 Å². The zero-order chi connectivity index (χ0) is 19.6. The van der Waals surface area contributed by atoms with Crippen molar-refractivity contribution in [1.29, 1.82) is 0 Å². The molecule has 1 aromatic heterocycles. The van der Waals surface area contributed by atoms with Gasteiger partial charge >= 0.3 is 12.0 Å². The van der Waals surface area contributed by atoms with Crippen LogP contribution in [0.5, 0.6) is 0 Å². The van der Waals surface area contributed by atoms with E-state index in [0.29, 0.717) is 18.8 Å². The zero-order valence-electron chi connectivity index (χ0n) is 16.3. The maximum atomic E-state index is 11.6. The van der Waals surface area contributed by atoms with E-state index in [1.54, 1.807) is 18.3 Å². The third kappa shape index (κ3) is 14.7. The van der Waals surface area contributed by atoms with Gasteiger partial charge in [0.25, 0.3) is 0 Å². The fraction of sp³-hybridized carbons (Fsp3) is 0.700. The average molecular weight is 379 g/mol. The number of nitrogens with zero attached hydrogens (tertiary/aromatic N) is 2. The zero-order valence-corrected chi connectivity index (χ0v) is 16.3. The number of carboxylic acid groups (broad SMARTS) is 1. The second-order valence-corrected chi connectivity index (χ2v) is 6.88. The van der Waals surface area contributed by atoms with Gasteiger partial charge in [0.2, 0.25) is 0 Å². The fourth-order valence-electron chi connectivity index (χ4n) is 2.90. The Morgan fingerprint density at radius 2 is 1.41 bits per heavy atom. The quantitative estimate of drug-likeness (QED) is 0.360. The van der Waals surface area contributed by atoms with Crippen LogP contribution in [0.2, 0.25) is 0 Å². The van der Waals surface area contributed by atoms with Crippen LogP contribution in [0.1, 0.15) is 83.5 Å². The van der Waals surface area contributed by atoms with Crippen LogP contribution in [0, 0.1) is 0 Å². The van der Waals surface area contributed by atoms with Crippen LogP contribution in [0.15, 0.2) is 18.3 Å². The Labute approximate surface area is 162 Å². The Hall–Kier alpha value is -2.18. The summed E-state index contributed by atoms with van der Waals surface area (Å²) in [6.45, 7) is 0.675. The lowest BCUT2D eigenvalue weighted by molar-refractivity contribution is -0.137. The standard InChI is InChI=1S/C20H34N4O3/c25-19(26)15-11-9-7-5-3-1-2-4-6-8-10-12-16-21-20(27)23-18-14-13-17-22-24-18/h13-14,17H,1-12,15-16H2,(H,25,26)(H2,21,23,24,27). The molecule has 0 saturated carbocycles. The summed E-state index contributed by atoms with van der Waals surface area (Å²) < 4.78 is 0. The fourth-order valence-corrected chi connectivity index (χ4v) is 2.90. The molecule has 0 aromatic carbocycles. The van der Waals surface area contributed by atoms with Crippen molar-refractivity contribution in [1.82, 2.24) is 15.5 Å². The number of aliphatic carboxylic acids is 1. The number of urea groups is 1. The number of anilines is 1. The normalized spacial score (nSPS) is 10.5. The molecule has 7 heteroatoms. The van der Waals surface area contributed by atoms with E-state index in [2.05, 4.69) is 20.8 Å². The largest absolute Gasteiger partial charge is 0.481 e. The Bertz CT molecular complexity index is 511. The molecule has 0 aliphatic rings. The molecule has 0 atom stereocenters. The van der Waals surface area contributed by atoms with Crippen molar-refractivity contribution in [2.75, 3.05) is 11.9 Å². The molecule has 1 aromatic rings. The van der Waals surface area contributed by atoms with Gasteiger partial charge in [-0.25, -0.2) is 4.79 Å². The van der Waals surface area contributed by atoms with Crippen LogP contribution in [0.4, 0.5) is 10.6 Å². The van der Waals surface area contributed by atoms with Gasteiger partial charge in [-0.15, -0.1) is 5.10 Å². The topological polar surface area (TPSA) is 104 Å². The number of aromatic nitrogens is 2. The minimum absolute atomic E-state index is 0.238. The van der Waals surface area contributed by atoms with Gasteiger partial charge in [0.05, 0.1) is 0 Å². The molecule has 1 rings (SSSR count). The lowest BCUT2D eigenvalue weighted by Gasteiger charge is -2.06. The summed E-state index contributed by atoms with van der Waals surface area (Å²) in [7, 11) is 0. The highest BCUT2D eigenvalue weighted by Gasteiger charge is 2.01. The molecule has 7 nitrogen and oxygen atoms in total. The Morgan fingerprint density at radius 3 is 1.93 bits per heavy atom. The van der Waals surface area contributed by atoms with Gasteiger partial charge in [0.15, 0.2) is 5.82 Å². The minimum atomic E-state index is -0.684. The van der Waals surface area contributed by atoms with Gasteiger partial charge in [0, 0.05) is 19.2 Å². The van der Waals surface area contributed by atoms with Crippen molar-refractivity contribution in [2.45, 2.75) is 83.5 Å². The first-order valence-corrected chi connectivity index (χ1v) is 10.2. The average Bonchev–Trinajstić information content (AvgIpc) is 2.65. The number of nitrogens with one attached hydrogen (secondary N) is 2. The number of carbonyl (C=O) groups is 2. The number of carboxylic acids is 1. The Balaban J connectivity index is 1.78. The van der Waals surface area contributed by atoms with Crippen molar-refractivity contribution in [2.24, 2.45) is 0 Å². The van der Waals surface area contributed by atoms with Crippen molar-refractivity contribution in [3.63, 3.8) is 0 Å². The number of carbonyl (C=O) groups excluding carboxylic acids is 1. The molecule has 0 aliphatic carbocycles. The van der Waals surface area contributed by atoms with Gasteiger partial charge in [0.1, 0.15) is 0 Å². The van der Waals surface area contributed by atoms with Crippen molar-refractivity contribution in [3.05, 3.63) is 18.3 Å². The highest BCUT2D eigenvalue weighted by molar-refractivity contribution is 5.87. The number of amides is 2. The molecule has 0 spiro atoms. The summed E-state index contributed by atoms with van der Waals surface area (Å²) in [6.07, 6.45) is 15.8. The summed E-state index contributed by atoms with van der Waals surface area (Å²) in [5, 5.41) is 21.5. The van der Waals surface area contributed by atoms with Crippen LogP contribution >= 0.6 is 0 Å². The first kappa shape index (κ1) is 22.9. The van der Waals surface area contributed by atoms with Crippen LogP contribution in [0.3, 0.4) is 0 Å². The molecule has 152 valence electrons. The number of unbranched alkanes of at least 4 members (excludes halogenated alkanes) is 11. The smallest absolute Gasteiger partial charge is 0.320 e. The third-order valence-corrected chi connectivity index (χ3v) is 4.42. The Morgan fingerprint density at radius 1 is 0.852 bits per heavy atom. The molecule has 0 radical (unpaired) electrons. The maximum Gasteiger partial charge on any atom is 0.320 e. The first-order valence-electron chi connectivity index (χ1n) is 10.2. The summed E-state index contributed by atoms with van der Waals surface area (Å²) in [5.41, 5.74) is 0. The van der Waals surface area contributed by atoms with Gasteiger partial charge in [-0.3, -0.25) is 10.1 Å². The highest BCUT2D eigenvalue weighted by atomic mass is 16.4. The first-order chi connectivity index (χ1) is 13.2. The predicted octanol–water partition coefficient (Wildman–Crippen LogP) is 4.75. The molecule has 27 heavy (non-hydrogen) atoms. The maximum absolute atomic E-state index is 11.6. The van der Waals surface area contributed by atoms with E-state index in [-0.39, 0.29) is 6.03 Å². The van der Waals surface area contributed by atoms with Gasteiger partial charge in [-0.05, 0) is 25.0 Å². The van der Waals surface area contributed by atoms with E-state index in [9.17, 15) is 9.59 Å². The molecular formula is C20H34N4O3. The van der Waals surface area contributed by atoms with Gasteiger partial charge in [-0.2, -0.15) is 5.10 Å². The second kappa shape index (κ2) is 16.0. The minimum Gasteiger partial charge on any atom is -0.481 e. The van der Waals surface area contributed by atoms with Crippen LogP contribution in [-0.4, -0.2) is 33.8 Å². The summed E-state index contributed by atoms with van der Waals surface area (Å²) in [5.74, 6) is -0.230. The van der Waals surface area contributed by atoms with Crippen molar-refractivity contribution < 1.29 is 14.7 Å². The molecular weight excluding hydrogens is 344 g/mol. The summed E-state index contributed by atoms with van der Waals surface area (Å²) in [6, 6.07) is 3.19. The molecule has 0 fully saturated rings. The SMILES string of the molecule is O=C(O)CCCCCCCCCCCCCCNC(=O)Nc1cccnn1. The van der Waals surface area contributed by atoms with Gasteiger partial charge < -0.3 is 10.4 Å².